The Morgan fingerprint density at radius 3 is 2.20 bits per heavy atom. The van der Waals surface area contributed by atoms with Crippen LogP contribution in [0.4, 0.5) is 5.69 Å². The second kappa shape index (κ2) is 6.19. The van der Waals surface area contributed by atoms with E-state index in [2.05, 4.69) is 5.32 Å². The topological polar surface area (TPSA) is 61.7 Å². The summed E-state index contributed by atoms with van der Waals surface area (Å²) in [5.41, 5.74) is 1.76. The van der Waals surface area contributed by atoms with Gasteiger partial charge < -0.3 is 20.3 Å². The van der Waals surface area contributed by atoms with E-state index in [1.807, 2.05) is 38.1 Å². The van der Waals surface area contributed by atoms with E-state index in [0.29, 0.717) is 6.61 Å². The summed E-state index contributed by atoms with van der Waals surface area (Å²) in [7, 11) is 0. The van der Waals surface area contributed by atoms with E-state index in [-0.39, 0.29) is 17.5 Å². The molecular formula is C16H19NO3. The van der Waals surface area contributed by atoms with Crippen molar-refractivity contribution in [3.63, 3.8) is 0 Å². The molecular weight excluding hydrogens is 254 g/mol. The predicted octanol–water partition coefficient (Wildman–Crippen LogP) is 3.67. The third-order valence-corrected chi connectivity index (χ3v) is 2.97. The Hall–Kier alpha value is -2.36. The maximum absolute atomic E-state index is 9.50. The van der Waals surface area contributed by atoms with Crippen LogP contribution >= 0.6 is 0 Å². The van der Waals surface area contributed by atoms with E-state index in [1.54, 1.807) is 12.1 Å². The van der Waals surface area contributed by atoms with Crippen LogP contribution in [0.1, 0.15) is 25.5 Å². The summed E-state index contributed by atoms with van der Waals surface area (Å²) in [5, 5.41) is 22.3. The van der Waals surface area contributed by atoms with Crippen LogP contribution < -0.4 is 10.1 Å². The van der Waals surface area contributed by atoms with Gasteiger partial charge in [-0.2, -0.15) is 0 Å². The fourth-order valence-electron chi connectivity index (χ4n) is 2.02. The van der Waals surface area contributed by atoms with Crippen molar-refractivity contribution in [3.05, 3.63) is 48.0 Å². The molecule has 0 fully saturated rings. The molecule has 1 atom stereocenters. The van der Waals surface area contributed by atoms with Crippen molar-refractivity contribution in [2.75, 3.05) is 11.9 Å². The fourth-order valence-corrected chi connectivity index (χ4v) is 2.02. The van der Waals surface area contributed by atoms with E-state index in [0.717, 1.165) is 17.0 Å². The maximum Gasteiger partial charge on any atom is 0.119 e. The van der Waals surface area contributed by atoms with Crippen molar-refractivity contribution in [3.8, 4) is 17.2 Å². The minimum absolute atomic E-state index is 0.0362. The number of phenols is 2. The predicted molar refractivity (Wildman–Crippen MR) is 79.4 cm³/mol. The molecule has 4 nitrogen and oxygen atoms in total. The Balaban J connectivity index is 2.08. The minimum Gasteiger partial charge on any atom is -0.508 e. The lowest BCUT2D eigenvalue weighted by Gasteiger charge is -2.16. The fraction of sp³-hybridized carbons (Fsp3) is 0.250. The highest BCUT2D eigenvalue weighted by Gasteiger charge is 2.08. The zero-order valence-electron chi connectivity index (χ0n) is 11.6. The van der Waals surface area contributed by atoms with Crippen LogP contribution in [-0.2, 0) is 0 Å². The van der Waals surface area contributed by atoms with Crippen LogP contribution in [0.15, 0.2) is 42.5 Å². The van der Waals surface area contributed by atoms with Crippen LogP contribution in [0.3, 0.4) is 0 Å². The molecule has 0 saturated carbocycles. The molecule has 20 heavy (non-hydrogen) atoms. The van der Waals surface area contributed by atoms with Gasteiger partial charge in [0, 0.05) is 17.8 Å². The van der Waals surface area contributed by atoms with Gasteiger partial charge in [0.15, 0.2) is 0 Å². The summed E-state index contributed by atoms with van der Waals surface area (Å²) in [6.45, 7) is 4.55. The molecule has 0 bridgehead atoms. The molecule has 2 aromatic rings. The lowest BCUT2D eigenvalue weighted by Crippen LogP contribution is -2.06. The monoisotopic (exact) mass is 273 g/mol. The Kier molecular flexibility index (Phi) is 4.35. The van der Waals surface area contributed by atoms with Crippen molar-refractivity contribution >= 4 is 5.69 Å². The van der Waals surface area contributed by atoms with E-state index >= 15 is 0 Å². The normalized spacial score (nSPS) is 11.9. The second-order valence-electron chi connectivity index (χ2n) is 4.61. The molecule has 2 aromatic carbocycles. The highest BCUT2D eigenvalue weighted by molar-refractivity contribution is 5.49. The molecule has 0 radical (unpaired) electrons. The number of benzene rings is 2. The van der Waals surface area contributed by atoms with Gasteiger partial charge in [-0.15, -0.1) is 0 Å². The van der Waals surface area contributed by atoms with Gasteiger partial charge in [0.2, 0.25) is 0 Å². The van der Waals surface area contributed by atoms with Crippen LogP contribution in [0, 0.1) is 0 Å². The van der Waals surface area contributed by atoms with Crippen LogP contribution in [-0.4, -0.2) is 16.8 Å². The SMILES string of the molecule is CCOc1ccc(NC(C)c2cc(O)cc(O)c2)cc1. The van der Waals surface area contributed by atoms with Crippen molar-refractivity contribution in [2.24, 2.45) is 0 Å². The third kappa shape index (κ3) is 3.57. The highest BCUT2D eigenvalue weighted by atomic mass is 16.5. The molecule has 106 valence electrons. The molecule has 0 spiro atoms. The van der Waals surface area contributed by atoms with Crippen molar-refractivity contribution in [1.29, 1.82) is 0 Å². The molecule has 3 N–H and O–H groups in total. The van der Waals surface area contributed by atoms with Gasteiger partial charge in [0.25, 0.3) is 0 Å². The molecule has 0 aliphatic carbocycles. The Morgan fingerprint density at radius 1 is 1.05 bits per heavy atom. The molecule has 0 saturated heterocycles. The first kappa shape index (κ1) is 14.1. The van der Waals surface area contributed by atoms with Crippen molar-refractivity contribution in [1.82, 2.24) is 0 Å². The highest BCUT2D eigenvalue weighted by Crippen LogP contribution is 2.27. The molecule has 0 heterocycles. The number of ether oxygens (including phenoxy) is 1. The summed E-state index contributed by atoms with van der Waals surface area (Å²) in [5.74, 6) is 0.946. The number of anilines is 1. The first-order chi connectivity index (χ1) is 9.58. The summed E-state index contributed by atoms with van der Waals surface area (Å²) < 4.78 is 5.39. The smallest absolute Gasteiger partial charge is 0.119 e. The lowest BCUT2D eigenvalue weighted by molar-refractivity contribution is 0.340. The first-order valence-corrected chi connectivity index (χ1v) is 6.61. The summed E-state index contributed by atoms with van der Waals surface area (Å²) in [4.78, 5) is 0. The Labute approximate surface area is 118 Å². The molecule has 0 aliphatic heterocycles. The zero-order valence-corrected chi connectivity index (χ0v) is 11.6. The van der Waals surface area contributed by atoms with Crippen molar-refractivity contribution < 1.29 is 14.9 Å². The molecule has 0 amide bonds. The number of hydrogen-bond acceptors (Lipinski definition) is 4. The molecule has 0 aliphatic rings. The number of rotatable bonds is 5. The number of nitrogens with one attached hydrogen (secondary N) is 1. The molecule has 4 heteroatoms. The lowest BCUT2D eigenvalue weighted by atomic mass is 10.1. The average Bonchev–Trinajstić information content (AvgIpc) is 2.40. The van der Waals surface area contributed by atoms with Gasteiger partial charge >= 0.3 is 0 Å². The van der Waals surface area contributed by atoms with Crippen molar-refractivity contribution in [2.45, 2.75) is 19.9 Å². The van der Waals surface area contributed by atoms with Gasteiger partial charge in [-0.05, 0) is 55.8 Å². The third-order valence-electron chi connectivity index (χ3n) is 2.97. The average molecular weight is 273 g/mol. The quantitative estimate of drug-likeness (QED) is 0.778. The van der Waals surface area contributed by atoms with Gasteiger partial charge in [-0.25, -0.2) is 0 Å². The van der Waals surface area contributed by atoms with Crippen LogP contribution in [0.2, 0.25) is 0 Å². The molecule has 2 rings (SSSR count). The molecule has 0 aromatic heterocycles. The zero-order chi connectivity index (χ0) is 14.5. The van der Waals surface area contributed by atoms with E-state index in [1.165, 1.54) is 6.07 Å². The van der Waals surface area contributed by atoms with Gasteiger partial charge in [0.05, 0.1) is 6.61 Å². The maximum atomic E-state index is 9.50. The van der Waals surface area contributed by atoms with E-state index in [4.69, 9.17) is 4.74 Å². The summed E-state index contributed by atoms with van der Waals surface area (Å²) in [6, 6.07) is 12.2. The van der Waals surface area contributed by atoms with Gasteiger partial charge in [0.1, 0.15) is 17.2 Å². The first-order valence-electron chi connectivity index (χ1n) is 6.61. The Morgan fingerprint density at radius 2 is 1.65 bits per heavy atom. The largest absolute Gasteiger partial charge is 0.508 e. The van der Waals surface area contributed by atoms with Crippen LogP contribution in [0.5, 0.6) is 17.2 Å². The second-order valence-corrected chi connectivity index (χ2v) is 4.61. The molecule has 1 unspecified atom stereocenters. The van der Waals surface area contributed by atoms with E-state index in [9.17, 15) is 10.2 Å². The van der Waals surface area contributed by atoms with Crippen LogP contribution in [0.25, 0.3) is 0 Å². The number of phenolic OH excluding ortho intramolecular Hbond substituents is 2. The number of hydrogen-bond donors (Lipinski definition) is 3. The standard InChI is InChI=1S/C16H19NO3/c1-3-20-16-6-4-13(5-7-16)17-11(2)12-8-14(18)10-15(19)9-12/h4-11,17-19H,3H2,1-2H3. The van der Waals surface area contributed by atoms with Gasteiger partial charge in [-0.1, -0.05) is 0 Å². The summed E-state index contributed by atoms with van der Waals surface area (Å²) in [6.07, 6.45) is 0. The minimum atomic E-state index is -0.0362. The summed E-state index contributed by atoms with van der Waals surface area (Å²) >= 11 is 0. The van der Waals surface area contributed by atoms with Gasteiger partial charge in [-0.3, -0.25) is 0 Å². The number of aromatic hydroxyl groups is 2. The van der Waals surface area contributed by atoms with E-state index < -0.39 is 0 Å². The Bertz CT molecular complexity index is 546.